The Morgan fingerprint density at radius 3 is 2.67 bits per heavy atom. The van der Waals surface area contributed by atoms with Gasteiger partial charge in [0, 0.05) is 45.2 Å². The Morgan fingerprint density at radius 1 is 1.04 bits per heavy atom. The van der Waals surface area contributed by atoms with Gasteiger partial charge in [0.15, 0.2) is 11.5 Å². The van der Waals surface area contributed by atoms with Crippen molar-refractivity contribution >= 4 is 11.5 Å². The summed E-state index contributed by atoms with van der Waals surface area (Å²) in [7, 11) is 0. The normalized spacial score (nSPS) is 25.7. The molecule has 1 atom stereocenters. The van der Waals surface area contributed by atoms with Crippen molar-refractivity contribution in [1.29, 1.82) is 0 Å². The first-order chi connectivity index (χ1) is 11.9. The van der Waals surface area contributed by atoms with E-state index < -0.39 is 0 Å². The number of piperazine rings is 1. The maximum Gasteiger partial charge on any atom is 0.178 e. The number of anilines is 1. The molecule has 2 aromatic rings. The molecule has 4 heterocycles. The summed E-state index contributed by atoms with van der Waals surface area (Å²) in [5, 5.41) is 13.4. The number of rotatable bonds is 4. The van der Waals surface area contributed by atoms with Crippen LogP contribution in [-0.4, -0.2) is 70.1 Å². The first-order valence-electron chi connectivity index (χ1n) is 9.18. The second-order valence-corrected chi connectivity index (χ2v) is 7.22. The molecular weight excluding hydrogens is 304 g/mol. The molecule has 5 rings (SSSR count). The van der Waals surface area contributed by atoms with Gasteiger partial charge in [-0.2, -0.15) is 4.52 Å². The van der Waals surface area contributed by atoms with Gasteiger partial charge in [0.05, 0.1) is 6.10 Å². The third-order valence-electron chi connectivity index (χ3n) is 5.40. The molecule has 2 aliphatic heterocycles. The summed E-state index contributed by atoms with van der Waals surface area (Å²) in [5.74, 6) is 2.64. The van der Waals surface area contributed by atoms with Gasteiger partial charge in [0.2, 0.25) is 0 Å². The molecule has 0 N–H and O–H groups in total. The van der Waals surface area contributed by atoms with E-state index in [4.69, 9.17) is 9.84 Å². The predicted octanol–water partition coefficient (Wildman–Crippen LogP) is 1.30. The van der Waals surface area contributed by atoms with Crippen LogP contribution in [-0.2, 0) is 4.74 Å². The largest absolute Gasteiger partial charge is 0.377 e. The van der Waals surface area contributed by atoms with Gasteiger partial charge in [-0.25, -0.2) is 0 Å². The molecule has 0 aromatic carbocycles. The van der Waals surface area contributed by atoms with E-state index in [2.05, 4.69) is 26.1 Å². The average molecular weight is 328 g/mol. The Morgan fingerprint density at radius 2 is 1.92 bits per heavy atom. The van der Waals surface area contributed by atoms with E-state index in [0.717, 1.165) is 56.6 Å². The maximum absolute atomic E-state index is 5.76. The Bertz CT molecular complexity index is 713. The molecule has 0 spiro atoms. The average Bonchev–Trinajstić information content (AvgIpc) is 3.17. The van der Waals surface area contributed by atoms with E-state index >= 15 is 0 Å². The van der Waals surface area contributed by atoms with Crippen LogP contribution in [0.25, 0.3) is 5.65 Å². The summed E-state index contributed by atoms with van der Waals surface area (Å²) < 4.78 is 7.71. The van der Waals surface area contributed by atoms with Gasteiger partial charge in [0.1, 0.15) is 5.82 Å². The van der Waals surface area contributed by atoms with E-state index in [1.165, 1.54) is 25.7 Å². The molecular formula is C17H24N6O. The Labute approximate surface area is 141 Å². The van der Waals surface area contributed by atoms with Gasteiger partial charge in [-0.3, -0.25) is 4.90 Å². The van der Waals surface area contributed by atoms with Crippen LogP contribution < -0.4 is 4.90 Å². The molecule has 3 fully saturated rings. The molecule has 3 aliphatic rings. The first-order valence-corrected chi connectivity index (χ1v) is 9.18. The molecule has 0 unspecified atom stereocenters. The monoisotopic (exact) mass is 328 g/mol. The van der Waals surface area contributed by atoms with Crippen molar-refractivity contribution in [3.05, 3.63) is 18.0 Å². The number of aromatic nitrogens is 4. The van der Waals surface area contributed by atoms with Crippen LogP contribution in [0.1, 0.15) is 37.4 Å². The molecule has 0 amide bonds. The van der Waals surface area contributed by atoms with Crippen molar-refractivity contribution in [2.24, 2.45) is 0 Å². The van der Waals surface area contributed by atoms with Gasteiger partial charge in [-0.05, 0) is 37.8 Å². The SMILES string of the molecule is c1cc2nnc(C3CC3)n2nc1N1CCN(C[C@H]2CCCO2)CC1. The summed E-state index contributed by atoms with van der Waals surface area (Å²) in [5.41, 5.74) is 0.859. The summed E-state index contributed by atoms with van der Waals surface area (Å²) in [4.78, 5) is 4.90. The quantitative estimate of drug-likeness (QED) is 0.843. The van der Waals surface area contributed by atoms with Crippen LogP contribution in [0.3, 0.4) is 0 Å². The van der Waals surface area contributed by atoms with E-state index in [1.807, 2.05) is 10.6 Å². The highest BCUT2D eigenvalue weighted by atomic mass is 16.5. The molecule has 0 bridgehead atoms. The lowest BCUT2D eigenvalue weighted by Crippen LogP contribution is -2.48. The van der Waals surface area contributed by atoms with E-state index in [-0.39, 0.29) is 0 Å². The summed E-state index contributed by atoms with van der Waals surface area (Å²) >= 11 is 0. The van der Waals surface area contributed by atoms with Crippen molar-refractivity contribution in [1.82, 2.24) is 24.7 Å². The van der Waals surface area contributed by atoms with Gasteiger partial charge >= 0.3 is 0 Å². The van der Waals surface area contributed by atoms with Gasteiger partial charge < -0.3 is 9.64 Å². The molecule has 1 saturated carbocycles. The number of hydrogen-bond donors (Lipinski definition) is 0. The third kappa shape index (κ3) is 2.75. The minimum atomic E-state index is 0.448. The fourth-order valence-corrected chi connectivity index (χ4v) is 3.80. The summed E-state index contributed by atoms with van der Waals surface area (Å²) in [6.07, 6.45) is 5.32. The van der Waals surface area contributed by atoms with E-state index in [9.17, 15) is 0 Å². The van der Waals surface area contributed by atoms with Crippen molar-refractivity contribution in [2.45, 2.75) is 37.7 Å². The van der Waals surface area contributed by atoms with E-state index in [1.54, 1.807) is 0 Å². The van der Waals surface area contributed by atoms with Crippen LogP contribution in [0, 0.1) is 0 Å². The van der Waals surface area contributed by atoms with E-state index in [0.29, 0.717) is 12.0 Å². The van der Waals surface area contributed by atoms with Crippen molar-refractivity contribution in [2.75, 3.05) is 44.2 Å². The zero-order valence-electron chi connectivity index (χ0n) is 14.0. The van der Waals surface area contributed by atoms with Crippen LogP contribution in [0.2, 0.25) is 0 Å². The van der Waals surface area contributed by atoms with Crippen molar-refractivity contribution in [3.8, 4) is 0 Å². The van der Waals surface area contributed by atoms with Crippen LogP contribution >= 0.6 is 0 Å². The Hall–Kier alpha value is -1.73. The van der Waals surface area contributed by atoms with Crippen LogP contribution in [0.4, 0.5) is 5.82 Å². The lowest BCUT2D eigenvalue weighted by atomic mass is 10.2. The van der Waals surface area contributed by atoms with Crippen LogP contribution in [0.5, 0.6) is 0 Å². The highest BCUT2D eigenvalue weighted by Gasteiger charge is 2.30. The maximum atomic E-state index is 5.76. The predicted molar refractivity (Wildman–Crippen MR) is 90.4 cm³/mol. The molecule has 128 valence electrons. The highest BCUT2D eigenvalue weighted by molar-refractivity contribution is 5.46. The molecule has 2 saturated heterocycles. The molecule has 1 aliphatic carbocycles. The van der Waals surface area contributed by atoms with Gasteiger partial charge in [-0.1, -0.05) is 0 Å². The topological polar surface area (TPSA) is 58.8 Å². The minimum Gasteiger partial charge on any atom is -0.377 e. The Kier molecular flexibility index (Phi) is 3.63. The minimum absolute atomic E-state index is 0.448. The second-order valence-electron chi connectivity index (χ2n) is 7.22. The lowest BCUT2D eigenvalue weighted by Gasteiger charge is -2.36. The third-order valence-corrected chi connectivity index (χ3v) is 5.40. The molecule has 7 nitrogen and oxygen atoms in total. The molecule has 24 heavy (non-hydrogen) atoms. The second kappa shape index (κ2) is 5.97. The number of ether oxygens (including phenoxy) is 1. The zero-order chi connectivity index (χ0) is 15.9. The first kappa shape index (κ1) is 14.6. The van der Waals surface area contributed by atoms with Crippen molar-refractivity contribution in [3.63, 3.8) is 0 Å². The van der Waals surface area contributed by atoms with Crippen molar-refractivity contribution < 1.29 is 4.74 Å². The fraction of sp³-hybridized carbons (Fsp3) is 0.706. The molecule has 2 aromatic heterocycles. The number of fused-ring (bicyclic) bond motifs is 1. The smallest absolute Gasteiger partial charge is 0.178 e. The molecule has 7 heteroatoms. The number of hydrogen-bond acceptors (Lipinski definition) is 6. The Balaban J connectivity index is 1.27. The number of nitrogens with zero attached hydrogens (tertiary/aromatic N) is 6. The standard InChI is InChI=1S/C17H24N6O/c1-2-14(24-11-1)12-21-7-9-22(10-8-21)16-6-5-15-18-19-17(13-3-4-13)23(15)20-16/h5-6,13-14H,1-4,7-12H2/t14-/m1/s1. The molecule has 0 radical (unpaired) electrons. The lowest BCUT2D eigenvalue weighted by molar-refractivity contribution is 0.0712. The van der Waals surface area contributed by atoms with Crippen LogP contribution in [0.15, 0.2) is 12.1 Å². The van der Waals surface area contributed by atoms with Gasteiger partial charge in [-0.15, -0.1) is 15.3 Å². The van der Waals surface area contributed by atoms with Gasteiger partial charge in [0.25, 0.3) is 0 Å². The zero-order valence-corrected chi connectivity index (χ0v) is 14.0. The summed E-state index contributed by atoms with van der Waals surface area (Å²) in [6, 6.07) is 4.12. The highest BCUT2D eigenvalue weighted by Crippen LogP contribution is 2.38. The fourth-order valence-electron chi connectivity index (χ4n) is 3.80. The summed E-state index contributed by atoms with van der Waals surface area (Å²) in [6.45, 7) is 6.22.